The molecule has 0 saturated heterocycles. The molecular formula is C13H13N. The normalized spacial score (nSPS) is 28.2. The van der Waals surface area contributed by atoms with Gasteiger partial charge in [-0.2, -0.15) is 5.26 Å². The van der Waals surface area contributed by atoms with Gasteiger partial charge in [-0.3, -0.25) is 0 Å². The molecule has 3 rings (SSSR count). The Labute approximate surface area is 84.4 Å². The highest BCUT2D eigenvalue weighted by Gasteiger charge is 2.38. The Morgan fingerprint density at radius 3 is 2.86 bits per heavy atom. The van der Waals surface area contributed by atoms with E-state index in [2.05, 4.69) is 24.3 Å². The zero-order valence-electron chi connectivity index (χ0n) is 8.16. The first-order valence-corrected chi connectivity index (χ1v) is 5.40. The van der Waals surface area contributed by atoms with Crippen molar-refractivity contribution in [3.63, 3.8) is 0 Å². The van der Waals surface area contributed by atoms with E-state index in [0.717, 1.165) is 6.42 Å². The minimum Gasteiger partial charge on any atom is -0.198 e. The van der Waals surface area contributed by atoms with E-state index in [1.807, 2.05) is 0 Å². The molecule has 0 spiro atoms. The number of benzene rings is 1. The third-order valence-corrected chi connectivity index (χ3v) is 3.51. The molecule has 2 aliphatic rings. The summed E-state index contributed by atoms with van der Waals surface area (Å²) in [5.41, 5.74) is 4.46. The molecule has 0 radical (unpaired) electrons. The lowest BCUT2D eigenvalue weighted by atomic mass is 10.0. The summed E-state index contributed by atoms with van der Waals surface area (Å²) in [6.07, 6.45) is 4.88. The fourth-order valence-corrected chi connectivity index (χ4v) is 2.53. The maximum absolute atomic E-state index is 8.78. The van der Waals surface area contributed by atoms with Crippen molar-refractivity contribution < 1.29 is 0 Å². The van der Waals surface area contributed by atoms with E-state index in [-0.39, 0.29) is 0 Å². The second kappa shape index (κ2) is 2.85. The highest BCUT2D eigenvalue weighted by molar-refractivity contribution is 5.39. The number of nitriles is 1. The third kappa shape index (κ3) is 1.14. The number of fused-ring (bicyclic) bond motifs is 1. The van der Waals surface area contributed by atoms with Crippen LogP contribution in [0.25, 0.3) is 0 Å². The van der Waals surface area contributed by atoms with Crippen molar-refractivity contribution in [1.29, 1.82) is 5.26 Å². The molecule has 1 fully saturated rings. The summed E-state index contributed by atoms with van der Waals surface area (Å²) >= 11 is 0. The Hall–Kier alpha value is -1.29. The molecule has 0 aliphatic heterocycles. The average molecular weight is 183 g/mol. The maximum Gasteiger partial charge on any atom is 0.0662 e. The fraction of sp³-hybridized carbons (Fsp3) is 0.462. The molecule has 2 aliphatic carbocycles. The Morgan fingerprint density at radius 1 is 1.21 bits per heavy atom. The van der Waals surface area contributed by atoms with Crippen LogP contribution < -0.4 is 0 Å². The second-order valence-electron chi connectivity index (χ2n) is 4.46. The molecule has 0 bridgehead atoms. The zero-order valence-corrected chi connectivity index (χ0v) is 8.16. The van der Waals surface area contributed by atoms with Crippen LogP contribution in [0.15, 0.2) is 18.2 Å². The van der Waals surface area contributed by atoms with Crippen molar-refractivity contribution in [2.75, 3.05) is 0 Å². The van der Waals surface area contributed by atoms with Gasteiger partial charge in [0.05, 0.1) is 12.0 Å². The van der Waals surface area contributed by atoms with Gasteiger partial charge in [0.2, 0.25) is 0 Å². The van der Waals surface area contributed by atoms with E-state index in [4.69, 9.17) is 5.26 Å². The molecule has 1 aromatic carbocycles. The number of hydrogen-bond donors (Lipinski definition) is 0. The van der Waals surface area contributed by atoms with Gasteiger partial charge in [-0.1, -0.05) is 18.2 Å². The summed E-state index contributed by atoms with van der Waals surface area (Å²) in [5, 5.41) is 8.78. The van der Waals surface area contributed by atoms with Crippen LogP contribution in [-0.2, 0) is 12.8 Å². The molecule has 1 nitrogen and oxygen atoms in total. The van der Waals surface area contributed by atoms with Crippen LogP contribution in [0.1, 0.15) is 35.4 Å². The number of nitrogens with zero attached hydrogens (tertiary/aromatic N) is 1. The first-order chi connectivity index (χ1) is 6.88. The van der Waals surface area contributed by atoms with E-state index in [0.29, 0.717) is 11.8 Å². The smallest absolute Gasteiger partial charge is 0.0662 e. The van der Waals surface area contributed by atoms with Crippen LogP contribution in [0.3, 0.4) is 0 Å². The summed E-state index contributed by atoms with van der Waals surface area (Å²) < 4.78 is 0. The largest absolute Gasteiger partial charge is 0.198 e. The molecule has 1 heteroatoms. The fourth-order valence-electron chi connectivity index (χ4n) is 2.53. The molecule has 2 atom stereocenters. The summed E-state index contributed by atoms with van der Waals surface area (Å²) in [4.78, 5) is 0. The molecule has 70 valence electrons. The van der Waals surface area contributed by atoms with Crippen LogP contribution >= 0.6 is 0 Å². The Balaban J connectivity index is 1.91. The summed E-state index contributed by atoms with van der Waals surface area (Å²) in [7, 11) is 0. The van der Waals surface area contributed by atoms with Gasteiger partial charge in [-0.25, -0.2) is 0 Å². The molecule has 1 aromatic rings. The highest BCUT2D eigenvalue weighted by atomic mass is 14.4. The predicted molar refractivity (Wildman–Crippen MR) is 54.9 cm³/mol. The second-order valence-corrected chi connectivity index (χ2v) is 4.46. The van der Waals surface area contributed by atoms with E-state index >= 15 is 0 Å². The number of aryl methyl sites for hydroxylation is 2. The van der Waals surface area contributed by atoms with Gasteiger partial charge in [0.15, 0.2) is 0 Å². The molecule has 0 amide bonds. The van der Waals surface area contributed by atoms with Crippen LogP contribution in [-0.4, -0.2) is 0 Å². The number of rotatable bonds is 1. The zero-order chi connectivity index (χ0) is 9.54. The van der Waals surface area contributed by atoms with Crippen LogP contribution in [0.5, 0.6) is 0 Å². The van der Waals surface area contributed by atoms with Crippen LogP contribution in [0, 0.1) is 17.2 Å². The molecule has 0 heterocycles. The SMILES string of the molecule is N#CC1CC1c1ccc2c(c1)CCC2. The van der Waals surface area contributed by atoms with Crippen molar-refractivity contribution >= 4 is 0 Å². The van der Waals surface area contributed by atoms with Crippen molar-refractivity contribution in [3.8, 4) is 6.07 Å². The summed E-state index contributed by atoms with van der Waals surface area (Å²) in [6, 6.07) is 9.19. The van der Waals surface area contributed by atoms with E-state index in [1.54, 1.807) is 0 Å². The maximum atomic E-state index is 8.78. The quantitative estimate of drug-likeness (QED) is 0.656. The van der Waals surface area contributed by atoms with E-state index in [1.165, 1.54) is 36.0 Å². The van der Waals surface area contributed by atoms with Crippen molar-refractivity contribution in [2.24, 2.45) is 5.92 Å². The lowest BCUT2D eigenvalue weighted by molar-refractivity contribution is 0.911. The lowest BCUT2D eigenvalue weighted by Gasteiger charge is -2.02. The predicted octanol–water partition coefficient (Wildman–Crippen LogP) is 2.80. The molecule has 0 N–H and O–H groups in total. The highest BCUT2D eigenvalue weighted by Crippen LogP contribution is 2.47. The minimum absolute atomic E-state index is 0.300. The Bertz CT molecular complexity index is 414. The summed E-state index contributed by atoms with van der Waals surface area (Å²) in [5.74, 6) is 0.848. The van der Waals surface area contributed by atoms with Crippen molar-refractivity contribution in [3.05, 3.63) is 34.9 Å². The minimum atomic E-state index is 0.300. The third-order valence-electron chi connectivity index (χ3n) is 3.51. The molecule has 1 saturated carbocycles. The van der Waals surface area contributed by atoms with E-state index < -0.39 is 0 Å². The monoisotopic (exact) mass is 183 g/mol. The summed E-state index contributed by atoms with van der Waals surface area (Å²) in [6.45, 7) is 0. The Morgan fingerprint density at radius 2 is 2.07 bits per heavy atom. The molecule has 0 aromatic heterocycles. The van der Waals surface area contributed by atoms with Crippen LogP contribution in [0.4, 0.5) is 0 Å². The van der Waals surface area contributed by atoms with Gasteiger partial charge in [0, 0.05) is 5.92 Å². The first kappa shape index (κ1) is 8.05. The van der Waals surface area contributed by atoms with Gasteiger partial charge in [0.1, 0.15) is 0 Å². The van der Waals surface area contributed by atoms with Gasteiger partial charge in [-0.15, -0.1) is 0 Å². The average Bonchev–Trinajstić information content (AvgIpc) is 2.87. The Kier molecular flexibility index (Phi) is 1.64. The molecular weight excluding hydrogens is 170 g/mol. The van der Waals surface area contributed by atoms with Crippen molar-refractivity contribution in [1.82, 2.24) is 0 Å². The van der Waals surface area contributed by atoms with Gasteiger partial charge in [-0.05, 0) is 42.4 Å². The lowest BCUT2D eigenvalue weighted by Crippen LogP contribution is -1.87. The molecule has 14 heavy (non-hydrogen) atoms. The van der Waals surface area contributed by atoms with Gasteiger partial charge >= 0.3 is 0 Å². The van der Waals surface area contributed by atoms with E-state index in [9.17, 15) is 0 Å². The van der Waals surface area contributed by atoms with Crippen molar-refractivity contribution in [2.45, 2.75) is 31.6 Å². The standard InChI is InChI=1S/C13H13N/c14-8-12-7-13(12)11-5-4-9-2-1-3-10(9)6-11/h4-6,12-13H,1-3,7H2. The van der Waals surface area contributed by atoms with Crippen LogP contribution in [0.2, 0.25) is 0 Å². The van der Waals surface area contributed by atoms with Gasteiger partial charge in [0.25, 0.3) is 0 Å². The first-order valence-electron chi connectivity index (χ1n) is 5.40. The van der Waals surface area contributed by atoms with Gasteiger partial charge < -0.3 is 0 Å². The topological polar surface area (TPSA) is 23.8 Å². The molecule has 2 unspecified atom stereocenters. The number of hydrogen-bond acceptors (Lipinski definition) is 1.